The van der Waals surface area contributed by atoms with E-state index in [1.807, 2.05) is 18.2 Å². The Balaban J connectivity index is 2.27. The fourth-order valence-corrected chi connectivity index (χ4v) is 2.31. The summed E-state index contributed by atoms with van der Waals surface area (Å²) >= 11 is 2.08. The molecule has 0 aromatic heterocycles. The van der Waals surface area contributed by atoms with Crippen LogP contribution in [0.2, 0.25) is 0 Å². The molecule has 0 saturated carbocycles. The van der Waals surface area contributed by atoms with Crippen LogP contribution < -0.4 is 0 Å². The van der Waals surface area contributed by atoms with Gasteiger partial charge in [-0.3, -0.25) is 7.91 Å². The summed E-state index contributed by atoms with van der Waals surface area (Å²) in [6.07, 6.45) is 8.08. The number of carbonyl (C=O) groups excluding carboxylic acids is 1. The lowest BCUT2D eigenvalue weighted by Crippen LogP contribution is -2.16. The van der Waals surface area contributed by atoms with Crippen LogP contribution in [0.25, 0.3) is 0 Å². The standard InChI is InChI=1S/C8H8INO/c9-10-5-6-3-1-2-4-7(6)8(10)11/h1-4,6-7H,5H2/t6-,7?/m0/s1. The molecule has 1 amide bonds. The van der Waals surface area contributed by atoms with Crippen LogP contribution in [-0.4, -0.2) is 15.6 Å². The zero-order valence-electron chi connectivity index (χ0n) is 5.90. The molecule has 1 heterocycles. The number of hydrogen-bond donors (Lipinski definition) is 0. The number of hydrogen-bond acceptors (Lipinski definition) is 1. The summed E-state index contributed by atoms with van der Waals surface area (Å²) in [6, 6.07) is 0. The van der Waals surface area contributed by atoms with Crippen molar-refractivity contribution in [2.24, 2.45) is 11.8 Å². The van der Waals surface area contributed by atoms with Gasteiger partial charge in [-0.25, -0.2) is 0 Å². The first kappa shape index (κ1) is 7.34. The van der Waals surface area contributed by atoms with E-state index in [1.165, 1.54) is 0 Å². The van der Waals surface area contributed by atoms with Gasteiger partial charge in [-0.15, -0.1) is 0 Å². The number of fused-ring (bicyclic) bond motifs is 1. The summed E-state index contributed by atoms with van der Waals surface area (Å²) < 4.78 is 1.77. The van der Waals surface area contributed by atoms with Crippen LogP contribution in [0.4, 0.5) is 0 Å². The maximum absolute atomic E-state index is 11.4. The van der Waals surface area contributed by atoms with Gasteiger partial charge in [-0.1, -0.05) is 24.3 Å². The minimum atomic E-state index is 0.122. The minimum Gasteiger partial charge on any atom is -0.284 e. The Labute approximate surface area is 79.4 Å². The van der Waals surface area contributed by atoms with E-state index in [2.05, 4.69) is 28.9 Å². The Bertz CT molecular complexity index is 246. The smallest absolute Gasteiger partial charge is 0.238 e. The molecule has 58 valence electrons. The summed E-state index contributed by atoms with van der Waals surface area (Å²) in [6.45, 7) is 0.866. The lowest BCUT2D eigenvalue weighted by Gasteiger charge is -2.09. The molecule has 1 aliphatic heterocycles. The van der Waals surface area contributed by atoms with Gasteiger partial charge in [0.05, 0.1) is 28.8 Å². The molecule has 0 aromatic carbocycles. The molecule has 0 radical (unpaired) electrons. The molecule has 2 nitrogen and oxygen atoms in total. The van der Waals surface area contributed by atoms with Crippen LogP contribution in [0, 0.1) is 11.8 Å². The van der Waals surface area contributed by atoms with Gasteiger partial charge in [0.25, 0.3) is 0 Å². The molecule has 0 aromatic rings. The van der Waals surface area contributed by atoms with Crippen molar-refractivity contribution in [1.29, 1.82) is 0 Å². The third-order valence-electron chi connectivity index (χ3n) is 2.14. The van der Waals surface area contributed by atoms with Crippen molar-refractivity contribution in [3.63, 3.8) is 0 Å². The van der Waals surface area contributed by atoms with Crippen molar-refractivity contribution in [3.8, 4) is 0 Å². The molecule has 0 N–H and O–H groups in total. The van der Waals surface area contributed by atoms with Gasteiger partial charge in [0.15, 0.2) is 0 Å². The molecule has 1 aliphatic carbocycles. The van der Waals surface area contributed by atoms with Gasteiger partial charge in [-0.05, 0) is 0 Å². The van der Waals surface area contributed by atoms with Gasteiger partial charge < -0.3 is 0 Å². The van der Waals surface area contributed by atoms with Gasteiger partial charge in [0, 0.05) is 12.5 Å². The van der Waals surface area contributed by atoms with E-state index in [-0.39, 0.29) is 11.8 Å². The monoisotopic (exact) mass is 261 g/mol. The average molecular weight is 261 g/mol. The topological polar surface area (TPSA) is 20.3 Å². The van der Waals surface area contributed by atoms with Crippen molar-refractivity contribution in [3.05, 3.63) is 24.3 Å². The number of allylic oxidation sites excluding steroid dienone is 2. The maximum atomic E-state index is 11.4. The van der Waals surface area contributed by atoms with E-state index >= 15 is 0 Å². The van der Waals surface area contributed by atoms with Crippen LogP contribution in [0.5, 0.6) is 0 Å². The zero-order valence-corrected chi connectivity index (χ0v) is 8.06. The Morgan fingerprint density at radius 2 is 2.18 bits per heavy atom. The van der Waals surface area contributed by atoms with E-state index < -0.39 is 0 Å². The Kier molecular flexibility index (Phi) is 1.75. The Morgan fingerprint density at radius 3 is 2.91 bits per heavy atom. The molecular formula is C8H8INO. The third-order valence-corrected chi connectivity index (χ3v) is 3.01. The molecule has 1 saturated heterocycles. The van der Waals surface area contributed by atoms with E-state index in [1.54, 1.807) is 3.11 Å². The van der Waals surface area contributed by atoms with E-state index in [0.29, 0.717) is 5.92 Å². The van der Waals surface area contributed by atoms with Gasteiger partial charge in [-0.2, -0.15) is 0 Å². The molecule has 11 heavy (non-hydrogen) atoms. The van der Waals surface area contributed by atoms with Gasteiger partial charge in [0.2, 0.25) is 5.91 Å². The summed E-state index contributed by atoms with van der Waals surface area (Å²) in [5, 5.41) is 0. The molecule has 1 fully saturated rings. The van der Waals surface area contributed by atoms with Crippen molar-refractivity contribution in [1.82, 2.24) is 3.11 Å². The Hall–Kier alpha value is -0.320. The fraction of sp³-hybridized carbons (Fsp3) is 0.375. The number of carbonyl (C=O) groups is 1. The Morgan fingerprint density at radius 1 is 1.45 bits per heavy atom. The highest BCUT2D eigenvalue weighted by Gasteiger charge is 2.36. The lowest BCUT2D eigenvalue weighted by atomic mass is 9.92. The molecule has 0 spiro atoms. The maximum Gasteiger partial charge on any atom is 0.238 e. The first-order chi connectivity index (χ1) is 5.29. The molecule has 0 bridgehead atoms. The molecule has 2 atom stereocenters. The van der Waals surface area contributed by atoms with Crippen LogP contribution in [0.1, 0.15) is 0 Å². The average Bonchev–Trinajstić information content (AvgIpc) is 2.30. The van der Waals surface area contributed by atoms with Crippen LogP contribution in [-0.2, 0) is 4.79 Å². The van der Waals surface area contributed by atoms with Crippen LogP contribution in [0.3, 0.4) is 0 Å². The van der Waals surface area contributed by atoms with E-state index in [0.717, 1.165) is 6.54 Å². The summed E-state index contributed by atoms with van der Waals surface area (Å²) in [7, 11) is 0. The van der Waals surface area contributed by atoms with Crippen LogP contribution in [0.15, 0.2) is 24.3 Å². The molecule has 1 unspecified atom stereocenters. The second kappa shape index (κ2) is 2.62. The third kappa shape index (κ3) is 1.11. The SMILES string of the molecule is O=C1C2C=CC=C[C@H]2CN1I. The highest BCUT2D eigenvalue weighted by Crippen LogP contribution is 2.31. The number of rotatable bonds is 0. The minimum absolute atomic E-state index is 0.122. The molecule has 3 heteroatoms. The fourth-order valence-electron chi connectivity index (χ4n) is 1.53. The van der Waals surface area contributed by atoms with Gasteiger partial charge >= 0.3 is 0 Å². The first-order valence-corrected chi connectivity index (χ1v) is 4.57. The highest BCUT2D eigenvalue weighted by atomic mass is 127. The van der Waals surface area contributed by atoms with Crippen molar-refractivity contribution >= 4 is 28.8 Å². The normalized spacial score (nSPS) is 34.6. The first-order valence-electron chi connectivity index (χ1n) is 3.61. The van der Waals surface area contributed by atoms with Crippen molar-refractivity contribution < 1.29 is 4.79 Å². The number of amides is 1. The zero-order chi connectivity index (χ0) is 7.84. The second-order valence-corrected chi connectivity index (χ2v) is 4.01. The quantitative estimate of drug-likeness (QED) is 0.478. The molecule has 2 rings (SSSR count). The predicted molar refractivity (Wildman–Crippen MR) is 51.0 cm³/mol. The molecule has 2 aliphatic rings. The highest BCUT2D eigenvalue weighted by molar-refractivity contribution is 14.1. The van der Waals surface area contributed by atoms with Gasteiger partial charge in [0.1, 0.15) is 0 Å². The largest absolute Gasteiger partial charge is 0.284 e. The number of halogens is 1. The lowest BCUT2D eigenvalue weighted by molar-refractivity contribution is -0.124. The predicted octanol–water partition coefficient (Wildman–Crippen LogP) is 1.54. The van der Waals surface area contributed by atoms with Crippen molar-refractivity contribution in [2.45, 2.75) is 0 Å². The summed E-state index contributed by atoms with van der Waals surface area (Å²) in [5.74, 6) is 0.789. The number of nitrogens with zero attached hydrogens (tertiary/aromatic N) is 1. The van der Waals surface area contributed by atoms with E-state index in [4.69, 9.17) is 0 Å². The summed E-state index contributed by atoms with van der Waals surface area (Å²) in [4.78, 5) is 11.4. The van der Waals surface area contributed by atoms with Crippen LogP contribution >= 0.6 is 22.9 Å². The molecular weight excluding hydrogens is 253 g/mol. The second-order valence-electron chi connectivity index (χ2n) is 2.84. The van der Waals surface area contributed by atoms with E-state index in [9.17, 15) is 4.79 Å². The summed E-state index contributed by atoms with van der Waals surface area (Å²) in [5.41, 5.74) is 0. The van der Waals surface area contributed by atoms with Crippen molar-refractivity contribution in [2.75, 3.05) is 6.54 Å².